The van der Waals surface area contributed by atoms with Gasteiger partial charge >= 0.3 is 0 Å². The standard InChI is InChI=1S/C11H17NO2.ClH/c1-7(2)11(12)8-4-5-10(14-3)9(13)6-8;/h4-7,11,13H,12H2,1-3H3;1H/t11-;/m0./s1. The van der Waals surface area contributed by atoms with Crippen molar-refractivity contribution in [1.29, 1.82) is 0 Å². The summed E-state index contributed by atoms with van der Waals surface area (Å²) >= 11 is 0. The molecule has 3 nitrogen and oxygen atoms in total. The molecule has 1 aromatic rings. The highest BCUT2D eigenvalue weighted by atomic mass is 35.5. The van der Waals surface area contributed by atoms with E-state index in [9.17, 15) is 5.11 Å². The van der Waals surface area contributed by atoms with Gasteiger partial charge in [0, 0.05) is 6.04 Å². The van der Waals surface area contributed by atoms with Crippen molar-refractivity contribution in [3.8, 4) is 11.5 Å². The van der Waals surface area contributed by atoms with Crippen molar-refractivity contribution < 1.29 is 9.84 Å². The van der Waals surface area contributed by atoms with Gasteiger partial charge in [0.15, 0.2) is 11.5 Å². The first kappa shape index (κ1) is 14.1. The molecule has 0 aliphatic heterocycles. The number of nitrogens with two attached hydrogens (primary N) is 1. The molecule has 1 aromatic carbocycles. The van der Waals surface area contributed by atoms with Gasteiger partial charge in [-0.15, -0.1) is 12.4 Å². The fraction of sp³-hybridized carbons (Fsp3) is 0.455. The van der Waals surface area contributed by atoms with Crippen LogP contribution in [-0.4, -0.2) is 12.2 Å². The molecule has 3 N–H and O–H groups in total. The maximum Gasteiger partial charge on any atom is 0.160 e. The van der Waals surface area contributed by atoms with E-state index in [2.05, 4.69) is 0 Å². The predicted octanol–water partition coefficient (Wildman–Crippen LogP) is 2.48. The zero-order valence-corrected chi connectivity index (χ0v) is 10.0. The normalized spacial score (nSPS) is 12.1. The van der Waals surface area contributed by atoms with Crippen molar-refractivity contribution in [3.63, 3.8) is 0 Å². The molecule has 15 heavy (non-hydrogen) atoms. The van der Waals surface area contributed by atoms with E-state index >= 15 is 0 Å². The molecule has 0 heterocycles. The minimum absolute atomic E-state index is 0. The molecular weight excluding hydrogens is 214 g/mol. The number of phenolic OH excluding ortho intramolecular Hbond substituents is 1. The summed E-state index contributed by atoms with van der Waals surface area (Å²) in [5, 5.41) is 9.54. The molecule has 0 aliphatic carbocycles. The molecule has 0 fully saturated rings. The molecule has 4 heteroatoms. The van der Waals surface area contributed by atoms with Crippen LogP contribution in [0.25, 0.3) is 0 Å². The molecule has 0 radical (unpaired) electrons. The van der Waals surface area contributed by atoms with E-state index in [-0.39, 0.29) is 24.2 Å². The first-order valence-electron chi connectivity index (χ1n) is 4.68. The van der Waals surface area contributed by atoms with Crippen molar-refractivity contribution in [2.45, 2.75) is 19.9 Å². The summed E-state index contributed by atoms with van der Waals surface area (Å²) < 4.78 is 4.95. The number of benzene rings is 1. The van der Waals surface area contributed by atoms with Gasteiger partial charge in [0.25, 0.3) is 0 Å². The lowest BCUT2D eigenvalue weighted by Gasteiger charge is -2.16. The van der Waals surface area contributed by atoms with E-state index in [4.69, 9.17) is 10.5 Å². The molecule has 0 spiro atoms. The summed E-state index contributed by atoms with van der Waals surface area (Å²) in [6, 6.07) is 5.21. The van der Waals surface area contributed by atoms with Crippen LogP contribution in [0.2, 0.25) is 0 Å². The fourth-order valence-corrected chi connectivity index (χ4v) is 1.30. The van der Waals surface area contributed by atoms with Gasteiger partial charge < -0.3 is 15.6 Å². The van der Waals surface area contributed by atoms with E-state index in [1.807, 2.05) is 19.9 Å². The number of ether oxygens (including phenoxy) is 1. The molecule has 1 rings (SSSR count). The summed E-state index contributed by atoms with van der Waals surface area (Å²) in [5.74, 6) is 0.966. The average molecular weight is 232 g/mol. The van der Waals surface area contributed by atoms with Crippen molar-refractivity contribution in [2.24, 2.45) is 11.7 Å². The van der Waals surface area contributed by atoms with Crippen LogP contribution in [-0.2, 0) is 0 Å². The highest BCUT2D eigenvalue weighted by molar-refractivity contribution is 5.85. The SMILES string of the molecule is COc1ccc([C@@H](N)C(C)C)cc1O.Cl. The quantitative estimate of drug-likeness (QED) is 0.841. The van der Waals surface area contributed by atoms with Crippen LogP contribution in [0, 0.1) is 5.92 Å². The Labute approximate surface area is 96.7 Å². The molecule has 0 unspecified atom stereocenters. The van der Waals surface area contributed by atoms with Gasteiger partial charge in [-0.1, -0.05) is 19.9 Å². The topological polar surface area (TPSA) is 55.5 Å². The van der Waals surface area contributed by atoms with Crippen molar-refractivity contribution >= 4 is 12.4 Å². The summed E-state index contributed by atoms with van der Waals surface area (Å²) in [7, 11) is 1.52. The summed E-state index contributed by atoms with van der Waals surface area (Å²) in [4.78, 5) is 0. The lowest BCUT2D eigenvalue weighted by atomic mass is 9.97. The number of halogens is 1. The van der Waals surface area contributed by atoms with Crippen LogP contribution >= 0.6 is 12.4 Å². The molecule has 0 aliphatic rings. The van der Waals surface area contributed by atoms with Crippen LogP contribution in [0.3, 0.4) is 0 Å². The largest absolute Gasteiger partial charge is 0.504 e. The first-order valence-corrected chi connectivity index (χ1v) is 4.68. The second-order valence-corrected chi connectivity index (χ2v) is 3.70. The minimum atomic E-state index is -0.0493. The molecule has 86 valence electrons. The number of methoxy groups -OCH3 is 1. The third-order valence-electron chi connectivity index (χ3n) is 2.31. The van der Waals surface area contributed by atoms with E-state index in [1.54, 1.807) is 12.1 Å². The zero-order valence-electron chi connectivity index (χ0n) is 9.23. The van der Waals surface area contributed by atoms with E-state index in [1.165, 1.54) is 7.11 Å². The Balaban J connectivity index is 0.00000196. The van der Waals surface area contributed by atoms with Crippen molar-refractivity contribution in [1.82, 2.24) is 0 Å². The van der Waals surface area contributed by atoms with Crippen molar-refractivity contribution in [3.05, 3.63) is 23.8 Å². The fourth-order valence-electron chi connectivity index (χ4n) is 1.30. The minimum Gasteiger partial charge on any atom is -0.504 e. The van der Waals surface area contributed by atoms with E-state index in [0.717, 1.165) is 5.56 Å². The number of hydrogen-bond donors (Lipinski definition) is 2. The third-order valence-corrected chi connectivity index (χ3v) is 2.31. The van der Waals surface area contributed by atoms with Crippen LogP contribution in [0.5, 0.6) is 11.5 Å². The molecule has 0 saturated carbocycles. The number of phenols is 1. The Morgan fingerprint density at radius 2 is 1.93 bits per heavy atom. The summed E-state index contributed by atoms with van der Waals surface area (Å²) in [6.07, 6.45) is 0. The monoisotopic (exact) mass is 231 g/mol. The van der Waals surface area contributed by atoms with E-state index in [0.29, 0.717) is 11.7 Å². The number of aromatic hydroxyl groups is 1. The van der Waals surface area contributed by atoms with Gasteiger partial charge in [0.1, 0.15) is 0 Å². The van der Waals surface area contributed by atoms with Crippen LogP contribution in [0.1, 0.15) is 25.5 Å². The summed E-state index contributed by atoms with van der Waals surface area (Å²) in [5.41, 5.74) is 6.88. The smallest absolute Gasteiger partial charge is 0.160 e. The second-order valence-electron chi connectivity index (χ2n) is 3.70. The average Bonchev–Trinajstić information content (AvgIpc) is 2.16. The molecule has 1 atom stereocenters. The van der Waals surface area contributed by atoms with Gasteiger partial charge in [-0.25, -0.2) is 0 Å². The molecule has 0 amide bonds. The van der Waals surface area contributed by atoms with Gasteiger partial charge in [0.05, 0.1) is 7.11 Å². The lowest BCUT2D eigenvalue weighted by molar-refractivity contribution is 0.372. The Morgan fingerprint density at radius 3 is 2.33 bits per heavy atom. The Bertz CT molecular complexity index is 315. The molecular formula is C11H18ClNO2. The molecule has 0 bridgehead atoms. The van der Waals surface area contributed by atoms with Gasteiger partial charge in [-0.3, -0.25) is 0 Å². The van der Waals surface area contributed by atoms with Crippen molar-refractivity contribution in [2.75, 3.05) is 7.11 Å². The first-order chi connectivity index (χ1) is 6.56. The van der Waals surface area contributed by atoms with E-state index < -0.39 is 0 Å². The summed E-state index contributed by atoms with van der Waals surface area (Å²) in [6.45, 7) is 4.10. The lowest BCUT2D eigenvalue weighted by Crippen LogP contribution is -2.16. The maximum atomic E-state index is 9.54. The van der Waals surface area contributed by atoms with Crippen LogP contribution in [0.15, 0.2) is 18.2 Å². The van der Waals surface area contributed by atoms with Crippen LogP contribution < -0.4 is 10.5 Å². The predicted molar refractivity (Wildman–Crippen MR) is 63.7 cm³/mol. The maximum absolute atomic E-state index is 9.54. The Morgan fingerprint density at radius 1 is 1.33 bits per heavy atom. The van der Waals surface area contributed by atoms with Gasteiger partial charge in [-0.2, -0.15) is 0 Å². The number of hydrogen-bond acceptors (Lipinski definition) is 3. The Kier molecular flexibility index (Phi) is 5.47. The molecule has 0 aromatic heterocycles. The highest BCUT2D eigenvalue weighted by Crippen LogP contribution is 2.30. The van der Waals surface area contributed by atoms with Gasteiger partial charge in [-0.05, 0) is 23.6 Å². The van der Waals surface area contributed by atoms with Crippen LogP contribution in [0.4, 0.5) is 0 Å². The third kappa shape index (κ3) is 3.29. The highest BCUT2D eigenvalue weighted by Gasteiger charge is 2.12. The zero-order chi connectivity index (χ0) is 10.7. The number of rotatable bonds is 3. The Hall–Kier alpha value is -0.930. The van der Waals surface area contributed by atoms with Gasteiger partial charge in [0.2, 0.25) is 0 Å². The molecule has 0 saturated heterocycles. The second kappa shape index (κ2) is 5.83.